The van der Waals surface area contributed by atoms with Gasteiger partial charge in [0, 0.05) is 6.16 Å². The van der Waals surface area contributed by atoms with Crippen LogP contribution in [0, 0.1) is 0 Å². The highest BCUT2D eigenvalue weighted by Gasteiger charge is 2.17. The van der Waals surface area contributed by atoms with E-state index in [0.717, 1.165) is 25.7 Å². The molecule has 0 aliphatic heterocycles. The van der Waals surface area contributed by atoms with Crippen molar-refractivity contribution in [3.63, 3.8) is 0 Å². The Hall–Kier alpha value is -0.110. The molecule has 0 saturated heterocycles. The number of hydrogen-bond donors (Lipinski definition) is 1. The lowest BCUT2D eigenvalue weighted by Gasteiger charge is -2.12. The van der Waals surface area contributed by atoms with Crippen molar-refractivity contribution in [1.29, 1.82) is 0 Å². The molecule has 1 atom stereocenters. The maximum atomic E-state index is 12.1. The van der Waals surface area contributed by atoms with E-state index in [0.29, 0.717) is 12.8 Å². The zero-order valence-electron chi connectivity index (χ0n) is 21.1. The van der Waals surface area contributed by atoms with Crippen molar-refractivity contribution in [1.82, 2.24) is 0 Å². The lowest BCUT2D eigenvalue weighted by molar-refractivity contribution is 0.252. The molecule has 1 N–H and O–H groups in total. The van der Waals surface area contributed by atoms with E-state index in [1.165, 1.54) is 109 Å². The molecule has 4 heteroatoms. The first-order chi connectivity index (χ1) is 15.1. The summed E-state index contributed by atoms with van der Waals surface area (Å²) in [6.07, 6.45) is 31.0. The third kappa shape index (κ3) is 26.0. The first-order valence-electron chi connectivity index (χ1n) is 13.7. The van der Waals surface area contributed by atoms with Gasteiger partial charge in [-0.3, -0.25) is 4.57 Å². The van der Waals surface area contributed by atoms with Crippen molar-refractivity contribution in [3.8, 4) is 0 Å². The normalized spacial score (nSPS) is 13.8. The molecule has 0 spiro atoms. The summed E-state index contributed by atoms with van der Waals surface area (Å²) in [7, 11) is -3.36. The van der Waals surface area contributed by atoms with E-state index in [1.807, 2.05) is 0 Å². The Balaban J connectivity index is 3.34. The summed E-state index contributed by atoms with van der Waals surface area (Å²) in [6, 6.07) is 0. The standard InChI is InChI=1S/C27H55O3P/c1-3-5-7-9-11-12-13-14-15-16-17-18-19-21-23-25-27-31(28,29)30-26-24-22-20-10-8-6-4-2/h14-15H,3-13,16-27H2,1-2H3,(H,28,29)/b15-14-. The van der Waals surface area contributed by atoms with Gasteiger partial charge in [-0.05, 0) is 38.5 Å². The molecule has 0 bridgehead atoms. The van der Waals surface area contributed by atoms with Crippen molar-refractivity contribution in [2.45, 2.75) is 149 Å². The van der Waals surface area contributed by atoms with Crippen LogP contribution in [0.3, 0.4) is 0 Å². The van der Waals surface area contributed by atoms with Crippen LogP contribution in [0.15, 0.2) is 12.2 Å². The molecule has 3 nitrogen and oxygen atoms in total. The molecule has 186 valence electrons. The molecule has 0 aromatic rings. The van der Waals surface area contributed by atoms with Crippen molar-refractivity contribution < 1.29 is 14.0 Å². The quantitative estimate of drug-likeness (QED) is 0.0840. The molecule has 0 heterocycles. The molecule has 0 aromatic carbocycles. The highest BCUT2D eigenvalue weighted by atomic mass is 31.2. The highest BCUT2D eigenvalue weighted by molar-refractivity contribution is 7.52. The highest BCUT2D eigenvalue weighted by Crippen LogP contribution is 2.43. The van der Waals surface area contributed by atoms with E-state index < -0.39 is 7.60 Å². The van der Waals surface area contributed by atoms with Crippen LogP contribution in [0.5, 0.6) is 0 Å². The molecule has 0 rings (SSSR count). The zero-order chi connectivity index (χ0) is 22.9. The topological polar surface area (TPSA) is 46.5 Å². The third-order valence-electron chi connectivity index (χ3n) is 5.99. The first-order valence-corrected chi connectivity index (χ1v) is 15.5. The molecular weight excluding hydrogens is 403 g/mol. The smallest absolute Gasteiger partial charge is 0.324 e. The van der Waals surface area contributed by atoms with Gasteiger partial charge in [0.2, 0.25) is 0 Å². The number of unbranched alkanes of at least 4 members (excludes halogenated alkanes) is 18. The Morgan fingerprint density at radius 1 is 0.581 bits per heavy atom. The van der Waals surface area contributed by atoms with E-state index in [9.17, 15) is 9.46 Å². The van der Waals surface area contributed by atoms with Crippen LogP contribution in [-0.2, 0) is 9.09 Å². The molecule has 1 unspecified atom stereocenters. The molecule has 0 amide bonds. The summed E-state index contributed by atoms with van der Waals surface area (Å²) in [5.74, 6) is 0. The minimum Gasteiger partial charge on any atom is -0.324 e. The second-order valence-electron chi connectivity index (χ2n) is 9.25. The Morgan fingerprint density at radius 3 is 1.45 bits per heavy atom. The number of allylic oxidation sites excluding steroid dienone is 2. The fourth-order valence-electron chi connectivity index (χ4n) is 3.89. The van der Waals surface area contributed by atoms with Gasteiger partial charge in [0.05, 0.1) is 6.61 Å². The Labute approximate surface area is 195 Å². The molecule has 0 radical (unpaired) electrons. The van der Waals surface area contributed by atoms with Gasteiger partial charge in [-0.2, -0.15) is 0 Å². The van der Waals surface area contributed by atoms with E-state index in [-0.39, 0.29) is 0 Å². The Bertz CT molecular complexity index is 423. The van der Waals surface area contributed by atoms with Gasteiger partial charge >= 0.3 is 7.60 Å². The van der Waals surface area contributed by atoms with Gasteiger partial charge < -0.3 is 9.42 Å². The lowest BCUT2D eigenvalue weighted by Crippen LogP contribution is -1.97. The van der Waals surface area contributed by atoms with E-state index in [4.69, 9.17) is 4.52 Å². The minimum absolute atomic E-state index is 0.324. The second kappa shape index (κ2) is 24.5. The molecule has 0 aromatic heterocycles. The van der Waals surface area contributed by atoms with Crippen molar-refractivity contribution in [3.05, 3.63) is 12.2 Å². The van der Waals surface area contributed by atoms with Crippen molar-refractivity contribution in [2.75, 3.05) is 12.8 Å². The van der Waals surface area contributed by atoms with E-state index >= 15 is 0 Å². The monoisotopic (exact) mass is 458 g/mol. The summed E-state index contributed by atoms with van der Waals surface area (Å²) in [6.45, 7) is 4.93. The fourth-order valence-corrected chi connectivity index (χ4v) is 5.06. The van der Waals surface area contributed by atoms with Crippen LogP contribution in [-0.4, -0.2) is 17.7 Å². The maximum absolute atomic E-state index is 12.1. The van der Waals surface area contributed by atoms with E-state index in [2.05, 4.69) is 26.0 Å². The first kappa shape index (κ1) is 30.9. The molecule has 31 heavy (non-hydrogen) atoms. The summed E-state index contributed by atoms with van der Waals surface area (Å²) in [5, 5.41) is 0. The summed E-state index contributed by atoms with van der Waals surface area (Å²) >= 11 is 0. The molecule has 0 saturated carbocycles. The SMILES string of the molecule is CCCCCCCC/C=C\CCCCCCCCP(=O)(O)OCCCCCCCCC. The van der Waals surface area contributed by atoms with Gasteiger partial charge in [-0.1, -0.05) is 122 Å². The predicted molar refractivity (Wildman–Crippen MR) is 138 cm³/mol. The van der Waals surface area contributed by atoms with Gasteiger partial charge in [0.1, 0.15) is 0 Å². The molecule has 0 aliphatic rings. The predicted octanol–water partition coefficient (Wildman–Crippen LogP) is 9.98. The van der Waals surface area contributed by atoms with Gasteiger partial charge in [-0.15, -0.1) is 0 Å². The Morgan fingerprint density at radius 2 is 0.968 bits per heavy atom. The van der Waals surface area contributed by atoms with Crippen LogP contribution in [0.1, 0.15) is 149 Å². The number of rotatable bonds is 25. The van der Waals surface area contributed by atoms with Crippen molar-refractivity contribution >= 4 is 7.60 Å². The van der Waals surface area contributed by atoms with Gasteiger partial charge in [-0.25, -0.2) is 0 Å². The van der Waals surface area contributed by atoms with Gasteiger partial charge in [0.25, 0.3) is 0 Å². The summed E-state index contributed by atoms with van der Waals surface area (Å²) < 4.78 is 17.3. The average Bonchev–Trinajstić information content (AvgIpc) is 2.75. The Kier molecular flexibility index (Phi) is 24.4. The molecule has 0 fully saturated rings. The van der Waals surface area contributed by atoms with Crippen LogP contribution in [0.2, 0.25) is 0 Å². The van der Waals surface area contributed by atoms with Crippen LogP contribution < -0.4 is 0 Å². The third-order valence-corrected chi connectivity index (χ3v) is 7.46. The molecule has 0 aliphatic carbocycles. The minimum atomic E-state index is -3.36. The summed E-state index contributed by atoms with van der Waals surface area (Å²) in [4.78, 5) is 9.93. The number of hydrogen-bond acceptors (Lipinski definition) is 2. The van der Waals surface area contributed by atoms with E-state index in [1.54, 1.807) is 0 Å². The lowest BCUT2D eigenvalue weighted by atomic mass is 10.1. The van der Waals surface area contributed by atoms with Gasteiger partial charge in [0.15, 0.2) is 0 Å². The largest absolute Gasteiger partial charge is 0.328 e. The molecular formula is C27H55O3P. The fraction of sp³-hybridized carbons (Fsp3) is 0.926. The second-order valence-corrected chi connectivity index (χ2v) is 11.2. The van der Waals surface area contributed by atoms with Crippen LogP contribution >= 0.6 is 7.60 Å². The van der Waals surface area contributed by atoms with Crippen molar-refractivity contribution in [2.24, 2.45) is 0 Å². The summed E-state index contributed by atoms with van der Waals surface area (Å²) in [5.41, 5.74) is 0. The average molecular weight is 459 g/mol. The zero-order valence-corrected chi connectivity index (χ0v) is 22.0. The van der Waals surface area contributed by atoms with Crippen LogP contribution in [0.25, 0.3) is 0 Å². The maximum Gasteiger partial charge on any atom is 0.328 e. The van der Waals surface area contributed by atoms with Crippen LogP contribution in [0.4, 0.5) is 0 Å².